The Morgan fingerprint density at radius 1 is 1.30 bits per heavy atom. The SMILES string of the molecule is CC(=O)OC[C@]12C[C@H](O)C(C)=C[C@H]1OC1[C@H](O)[C@@H](OC(C)=O)[C@]2(C)[C@@]12CO2. The Labute approximate surface area is 157 Å². The molecule has 2 saturated heterocycles. The number of esters is 2. The molecule has 0 aromatic rings. The van der Waals surface area contributed by atoms with Crippen LogP contribution in [0.3, 0.4) is 0 Å². The van der Waals surface area contributed by atoms with Gasteiger partial charge in [0.2, 0.25) is 0 Å². The Kier molecular flexibility index (Phi) is 4.03. The topological polar surface area (TPSA) is 115 Å². The lowest BCUT2D eigenvalue weighted by Gasteiger charge is -2.58. The van der Waals surface area contributed by atoms with E-state index in [1.165, 1.54) is 13.8 Å². The smallest absolute Gasteiger partial charge is 0.303 e. The molecule has 2 N–H and O–H groups in total. The van der Waals surface area contributed by atoms with Crippen LogP contribution in [0.4, 0.5) is 0 Å². The lowest BCUT2D eigenvalue weighted by atomic mass is 9.51. The Morgan fingerprint density at radius 3 is 2.52 bits per heavy atom. The first kappa shape index (κ1) is 18.9. The summed E-state index contributed by atoms with van der Waals surface area (Å²) < 4.78 is 23.1. The van der Waals surface area contributed by atoms with Crippen LogP contribution in [-0.2, 0) is 28.5 Å². The molecule has 0 aromatic carbocycles. The zero-order valence-corrected chi connectivity index (χ0v) is 15.9. The van der Waals surface area contributed by atoms with E-state index in [1.54, 1.807) is 0 Å². The molecule has 4 rings (SSSR count). The van der Waals surface area contributed by atoms with Crippen molar-refractivity contribution in [2.75, 3.05) is 13.2 Å². The first-order valence-electron chi connectivity index (χ1n) is 9.23. The number of aliphatic hydroxyl groups is 2. The zero-order valence-electron chi connectivity index (χ0n) is 15.9. The second-order valence-electron chi connectivity index (χ2n) is 8.45. The number of rotatable bonds is 3. The minimum absolute atomic E-state index is 0.0351. The van der Waals surface area contributed by atoms with Gasteiger partial charge in [0.15, 0.2) is 0 Å². The van der Waals surface area contributed by atoms with Crippen LogP contribution in [0.25, 0.3) is 0 Å². The van der Waals surface area contributed by atoms with Crippen molar-refractivity contribution in [2.24, 2.45) is 10.8 Å². The van der Waals surface area contributed by atoms with Gasteiger partial charge in [-0.05, 0) is 18.9 Å². The van der Waals surface area contributed by atoms with Crippen molar-refractivity contribution in [1.29, 1.82) is 0 Å². The lowest BCUT2D eigenvalue weighted by Crippen LogP contribution is -2.67. The van der Waals surface area contributed by atoms with E-state index in [9.17, 15) is 19.8 Å². The van der Waals surface area contributed by atoms with Crippen LogP contribution in [0, 0.1) is 10.8 Å². The summed E-state index contributed by atoms with van der Waals surface area (Å²) in [5.41, 5.74) is -1.91. The number of fused-ring (bicyclic) bond motifs is 2. The minimum Gasteiger partial charge on any atom is -0.465 e. The van der Waals surface area contributed by atoms with Crippen molar-refractivity contribution in [1.82, 2.24) is 0 Å². The van der Waals surface area contributed by atoms with Crippen molar-refractivity contribution < 1.29 is 38.7 Å². The summed E-state index contributed by atoms with van der Waals surface area (Å²) in [6, 6.07) is 0. The molecule has 150 valence electrons. The minimum atomic E-state index is -1.08. The van der Waals surface area contributed by atoms with Gasteiger partial charge >= 0.3 is 11.9 Å². The van der Waals surface area contributed by atoms with Crippen molar-refractivity contribution in [3.63, 3.8) is 0 Å². The molecule has 27 heavy (non-hydrogen) atoms. The van der Waals surface area contributed by atoms with E-state index in [4.69, 9.17) is 18.9 Å². The van der Waals surface area contributed by atoms with Crippen LogP contribution < -0.4 is 0 Å². The largest absolute Gasteiger partial charge is 0.465 e. The predicted octanol–water partition coefficient (Wildman–Crippen LogP) is 0.0957. The highest BCUT2D eigenvalue weighted by molar-refractivity contribution is 5.67. The van der Waals surface area contributed by atoms with Gasteiger partial charge < -0.3 is 29.2 Å². The van der Waals surface area contributed by atoms with Gasteiger partial charge in [-0.1, -0.05) is 13.0 Å². The molecule has 0 amide bonds. The molecule has 2 bridgehead atoms. The zero-order chi connectivity index (χ0) is 19.8. The van der Waals surface area contributed by atoms with Gasteiger partial charge in [-0.25, -0.2) is 0 Å². The Bertz CT molecular complexity index is 712. The second-order valence-corrected chi connectivity index (χ2v) is 8.45. The molecule has 4 aliphatic rings. The number of hydrogen-bond donors (Lipinski definition) is 2. The molecule has 2 aliphatic heterocycles. The van der Waals surface area contributed by atoms with Crippen LogP contribution in [0.15, 0.2) is 11.6 Å². The molecule has 8 atom stereocenters. The molecule has 2 aliphatic carbocycles. The van der Waals surface area contributed by atoms with Crippen LogP contribution >= 0.6 is 0 Å². The Hall–Kier alpha value is -1.48. The normalized spacial score (nSPS) is 50.0. The molecule has 3 fully saturated rings. The maximum Gasteiger partial charge on any atom is 0.303 e. The molecular formula is C19H26O8. The second kappa shape index (κ2) is 5.76. The average Bonchev–Trinajstić information content (AvgIpc) is 3.36. The fourth-order valence-electron chi connectivity index (χ4n) is 5.60. The van der Waals surface area contributed by atoms with Crippen LogP contribution in [-0.4, -0.2) is 71.5 Å². The van der Waals surface area contributed by atoms with Gasteiger partial charge in [0.25, 0.3) is 0 Å². The molecular weight excluding hydrogens is 356 g/mol. The van der Waals surface area contributed by atoms with E-state index < -0.39 is 58.9 Å². The van der Waals surface area contributed by atoms with E-state index in [2.05, 4.69) is 0 Å². The van der Waals surface area contributed by atoms with Crippen molar-refractivity contribution in [3.8, 4) is 0 Å². The highest BCUT2D eigenvalue weighted by Gasteiger charge is 2.86. The van der Waals surface area contributed by atoms with Crippen LogP contribution in [0.2, 0.25) is 0 Å². The Balaban J connectivity index is 1.88. The number of ether oxygens (including phenoxy) is 4. The number of carbonyl (C=O) groups excluding carboxylic acids is 2. The average molecular weight is 382 g/mol. The van der Waals surface area contributed by atoms with Gasteiger partial charge in [0.1, 0.15) is 30.5 Å². The number of epoxide rings is 1. The maximum atomic E-state index is 11.8. The van der Waals surface area contributed by atoms with E-state index in [0.29, 0.717) is 6.61 Å². The third kappa shape index (κ3) is 2.24. The van der Waals surface area contributed by atoms with E-state index in [1.807, 2.05) is 19.9 Å². The number of hydrogen-bond acceptors (Lipinski definition) is 8. The van der Waals surface area contributed by atoms with Crippen LogP contribution in [0.1, 0.15) is 34.1 Å². The van der Waals surface area contributed by atoms with Gasteiger partial charge in [0, 0.05) is 19.3 Å². The summed E-state index contributed by atoms with van der Waals surface area (Å²) in [6.07, 6.45) is -1.86. The van der Waals surface area contributed by atoms with Gasteiger partial charge in [-0.3, -0.25) is 9.59 Å². The summed E-state index contributed by atoms with van der Waals surface area (Å²) in [6.45, 7) is 6.61. The molecule has 1 saturated carbocycles. The van der Waals surface area contributed by atoms with E-state index >= 15 is 0 Å². The Morgan fingerprint density at radius 2 is 1.96 bits per heavy atom. The standard InChI is InChI=1S/C19H26O8/c1-9-5-13-18(6-12(9)22,7-24-10(2)20)17(4)15(26-11(3)21)14(23)16(27-13)19(17)8-25-19/h5,12-16,22-23H,6-8H2,1-4H3/t12-,13+,14+,15+,16?,17-,18+,19+/m0/s1. The summed E-state index contributed by atoms with van der Waals surface area (Å²) >= 11 is 0. The molecule has 0 radical (unpaired) electrons. The fourth-order valence-corrected chi connectivity index (χ4v) is 5.60. The van der Waals surface area contributed by atoms with E-state index in [-0.39, 0.29) is 13.0 Å². The monoisotopic (exact) mass is 382 g/mol. The fraction of sp³-hybridized carbons (Fsp3) is 0.789. The van der Waals surface area contributed by atoms with Crippen molar-refractivity contribution in [3.05, 3.63) is 11.6 Å². The highest BCUT2D eigenvalue weighted by Crippen LogP contribution is 2.72. The third-order valence-electron chi connectivity index (χ3n) is 7.18. The molecule has 8 heteroatoms. The molecule has 0 aromatic heterocycles. The first-order valence-corrected chi connectivity index (χ1v) is 9.23. The molecule has 1 unspecified atom stereocenters. The summed E-state index contributed by atoms with van der Waals surface area (Å²) in [5.74, 6) is -0.978. The summed E-state index contributed by atoms with van der Waals surface area (Å²) in [5, 5.41) is 21.6. The number of aliphatic hydroxyl groups excluding tert-OH is 2. The summed E-state index contributed by atoms with van der Waals surface area (Å²) in [7, 11) is 0. The highest BCUT2D eigenvalue weighted by atomic mass is 16.7. The first-order chi connectivity index (χ1) is 12.6. The molecule has 1 spiro atoms. The quantitative estimate of drug-likeness (QED) is 0.401. The third-order valence-corrected chi connectivity index (χ3v) is 7.18. The van der Waals surface area contributed by atoms with Crippen molar-refractivity contribution in [2.45, 2.75) is 70.2 Å². The molecule has 8 nitrogen and oxygen atoms in total. The summed E-state index contributed by atoms with van der Waals surface area (Å²) in [4.78, 5) is 23.4. The van der Waals surface area contributed by atoms with Crippen LogP contribution in [0.5, 0.6) is 0 Å². The molecule has 2 heterocycles. The number of carbonyl (C=O) groups is 2. The van der Waals surface area contributed by atoms with Gasteiger partial charge in [0.05, 0.1) is 24.2 Å². The maximum absolute atomic E-state index is 11.8. The van der Waals surface area contributed by atoms with Crippen molar-refractivity contribution >= 4 is 11.9 Å². The van der Waals surface area contributed by atoms with E-state index in [0.717, 1.165) is 5.57 Å². The lowest BCUT2D eigenvalue weighted by molar-refractivity contribution is -0.239. The predicted molar refractivity (Wildman–Crippen MR) is 90.5 cm³/mol. The van der Waals surface area contributed by atoms with Gasteiger partial charge in [-0.15, -0.1) is 0 Å². The van der Waals surface area contributed by atoms with Gasteiger partial charge in [-0.2, -0.15) is 0 Å².